The lowest BCUT2D eigenvalue weighted by molar-refractivity contribution is 0.480. The van der Waals surface area contributed by atoms with E-state index in [2.05, 4.69) is 72.9 Å². The van der Waals surface area contributed by atoms with Gasteiger partial charge in [0.15, 0.2) is 0 Å². The zero-order valence-electron chi connectivity index (χ0n) is 12.1. The van der Waals surface area contributed by atoms with Crippen LogP contribution in [-0.4, -0.2) is 12.1 Å². The topological polar surface area (TPSA) is 12.0 Å². The van der Waals surface area contributed by atoms with E-state index < -0.39 is 0 Å². The van der Waals surface area contributed by atoms with Crippen LogP contribution in [0.3, 0.4) is 0 Å². The summed E-state index contributed by atoms with van der Waals surface area (Å²) < 4.78 is 0. The lowest BCUT2D eigenvalue weighted by Crippen LogP contribution is -2.34. The zero-order chi connectivity index (χ0) is 13.8. The Morgan fingerprint density at radius 2 is 1.60 bits per heavy atom. The van der Waals surface area contributed by atoms with E-state index in [9.17, 15) is 0 Å². The van der Waals surface area contributed by atoms with Crippen molar-refractivity contribution < 1.29 is 0 Å². The van der Waals surface area contributed by atoms with Gasteiger partial charge >= 0.3 is 0 Å². The summed E-state index contributed by atoms with van der Waals surface area (Å²) in [5.74, 6) is 0.594. The van der Waals surface area contributed by atoms with Gasteiger partial charge in [0.2, 0.25) is 0 Å². The summed E-state index contributed by atoms with van der Waals surface area (Å²) >= 11 is 0. The molecule has 1 aliphatic rings. The van der Waals surface area contributed by atoms with Crippen molar-refractivity contribution in [2.75, 3.05) is 0 Å². The molecule has 1 heteroatoms. The van der Waals surface area contributed by atoms with Gasteiger partial charge in [0.1, 0.15) is 0 Å². The number of benzene rings is 2. The Bertz CT molecular complexity index is 520. The van der Waals surface area contributed by atoms with Crippen LogP contribution in [0, 0.1) is 0 Å². The fraction of sp³-hybridized carbons (Fsp3) is 0.368. The lowest BCUT2D eigenvalue weighted by atomic mass is 9.92. The van der Waals surface area contributed by atoms with Crippen LogP contribution in [-0.2, 0) is 6.42 Å². The van der Waals surface area contributed by atoms with Crippen LogP contribution < -0.4 is 5.32 Å². The molecule has 2 aromatic carbocycles. The molecule has 1 fully saturated rings. The molecule has 0 aromatic heterocycles. The molecule has 0 saturated carbocycles. The second-order valence-electron chi connectivity index (χ2n) is 5.94. The van der Waals surface area contributed by atoms with Crippen molar-refractivity contribution in [3.8, 4) is 0 Å². The van der Waals surface area contributed by atoms with Crippen LogP contribution >= 0.6 is 0 Å². The van der Waals surface area contributed by atoms with E-state index >= 15 is 0 Å². The molecule has 0 bridgehead atoms. The molecule has 1 unspecified atom stereocenters. The van der Waals surface area contributed by atoms with Gasteiger partial charge in [-0.05, 0) is 36.3 Å². The van der Waals surface area contributed by atoms with Gasteiger partial charge in [-0.1, -0.05) is 67.6 Å². The first-order valence-corrected chi connectivity index (χ1v) is 7.68. The van der Waals surface area contributed by atoms with Gasteiger partial charge in [0.05, 0.1) is 0 Å². The number of nitrogens with one attached hydrogen (secondary N) is 1. The highest BCUT2D eigenvalue weighted by Crippen LogP contribution is 2.28. The van der Waals surface area contributed by atoms with Crippen LogP contribution in [0.1, 0.15) is 36.8 Å². The first kappa shape index (κ1) is 13.4. The zero-order valence-corrected chi connectivity index (χ0v) is 12.1. The molecule has 1 saturated heterocycles. The quantitative estimate of drug-likeness (QED) is 0.875. The van der Waals surface area contributed by atoms with Gasteiger partial charge in [-0.25, -0.2) is 0 Å². The molecular formula is C19H23N. The smallest absolute Gasteiger partial charge is 0.0136 e. The SMILES string of the molecule is CC(c1ccccc1)[C@@H]1CC[C@@H](Cc2ccccc2)N1. The Morgan fingerprint density at radius 3 is 2.30 bits per heavy atom. The van der Waals surface area contributed by atoms with E-state index in [0.29, 0.717) is 18.0 Å². The fourth-order valence-electron chi connectivity index (χ4n) is 3.29. The Kier molecular flexibility index (Phi) is 4.17. The fourth-order valence-corrected chi connectivity index (χ4v) is 3.29. The van der Waals surface area contributed by atoms with Crippen molar-refractivity contribution in [3.63, 3.8) is 0 Å². The third-order valence-corrected chi connectivity index (χ3v) is 4.53. The summed E-state index contributed by atoms with van der Waals surface area (Å²) in [6.45, 7) is 2.35. The maximum atomic E-state index is 3.84. The number of rotatable bonds is 4. The molecule has 104 valence electrons. The molecule has 1 aliphatic heterocycles. The molecule has 0 amide bonds. The molecule has 3 rings (SSSR count). The van der Waals surface area contributed by atoms with Crippen molar-refractivity contribution in [1.29, 1.82) is 0 Å². The second kappa shape index (κ2) is 6.23. The van der Waals surface area contributed by atoms with E-state index in [1.54, 1.807) is 0 Å². The molecular weight excluding hydrogens is 242 g/mol. The van der Waals surface area contributed by atoms with E-state index in [-0.39, 0.29) is 0 Å². The van der Waals surface area contributed by atoms with Crippen LogP contribution in [0.4, 0.5) is 0 Å². The standard InChI is InChI=1S/C19H23N/c1-15(17-10-6-3-7-11-17)19-13-12-18(20-19)14-16-8-4-2-5-9-16/h2-11,15,18-20H,12-14H2,1H3/t15?,18-,19-/m0/s1. The first-order chi connectivity index (χ1) is 9.83. The molecule has 0 aliphatic carbocycles. The summed E-state index contributed by atoms with van der Waals surface area (Å²) in [6, 6.07) is 22.9. The van der Waals surface area contributed by atoms with Gasteiger partial charge in [-0.2, -0.15) is 0 Å². The normalized spacial score (nSPS) is 23.6. The highest BCUT2D eigenvalue weighted by Gasteiger charge is 2.28. The highest BCUT2D eigenvalue weighted by molar-refractivity contribution is 5.22. The Morgan fingerprint density at radius 1 is 0.950 bits per heavy atom. The molecule has 1 N–H and O–H groups in total. The molecule has 20 heavy (non-hydrogen) atoms. The molecule has 3 atom stereocenters. The number of hydrogen-bond donors (Lipinski definition) is 1. The van der Waals surface area contributed by atoms with Crippen molar-refractivity contribution in [2.24, 2.45) is 0 Å². The van der Waals surface area contributed by atoms with E-state index in [0.717, 1.165) is 6.42 Å². The van der Waals surface area contributed by atoms with Crippen LogP contribution in [0.5, 0.6) is 0 Å². The minimum atomic E-state index is 0.594. The summed E-state index contributed by atoms with van der Waals surface area (Å²) in [5.41, 5.74) is 2.89. The third kappa shape index (κ3) is 3.10. The lowest BCUT2D eigenvalue weighted by Gasteiger charge is -2.21. The monoisotopic (exact) mass is 265 g/mol. The third-order valence-electron chi connectivity index (χ3n) is 4.53. The van der Waals surface area contributed by atoms with Crippen molar-refractivity contribution in [2.45, 2.75) is 44.2 Å². The molecule has 1 nitrogen and oxygen atoms in total. The van der Waals surface area contributed by atoms with Crippen LogP contribution in [0.2, 0.25) is 0 Å². The summed E-state index contributed by atoms with van der Waals surface area (Å²) in [5, 5.41) is 3.84. The predicted octanol–water partition coefficient (Wildman–Crippen LogP) is 4.15. The van der Waals surface area contributed by atoms with Gasteiger partial charge < -0.3 is 5.32 Å². The van der Waals surface area contributed by atoms with Gasteiger partial charge in [-0.3, -0.25) is 0 Å². The van der Waals surface area contributed by atoms with Crippen molar-refractivity contribution in [1.82, 2.24) is 5.32 Å². The second-order valence-corrected chi connectivity index (χ2v) is 5.94. The van der Waals surface area contributed by atoms with E-state index in [4.69, 9.17) is 0 Å². The largest absolute Gasteiger partial charge is 0.310 e. The molecule has 2 aromatic rings. The van der Waals surface area contributed by atoms with Gasteiger partial charge in [0, 0.05) is 12.1 Å². The average molecular weight is 265 g/mol. The van der Waals surface area contributed by atoms with Crippen LogP contribution in [0.15, 0.2) is 60.7 Å². The minimum Gasteiger partial charge on any atom is -0.310 e. The summed E-state index contributed by atoms with van der Waals surface area (Å²) in [7, 11) is 0. The number of hydrogen-bond acceptors (Lipinski definition) is 1. The van der Waals surface area contributed by atoms with E-state index in [1.807, 2.05) is 0 Å². The van der Waals surface area contributed by atoms with Gasteiger partial charge in [0.25, 0.3) is 0 Å². The Hall–Kier alpha value is -1.60. The summed E-state index contributed by atoms with van der Waals surface area (Å²) in [6.07, 6.45) is 3.73. The predicted molar refractivity (Wildman–Crippen MR) is 84.9 cm³/mol. The summed E-state index contributed by atoms with van der Waals surface area (Å²) in [4.78, 5) is 0. The average Bonchev–Trinajstić information content (AvgIpc) is 2.97. The molecule has 0 radical (unpaired) electrons. The van der Waals surface area contributed by atoms with Crippen molar-refractivity contribution >= 4 is 0 Å². The minimum absolute atomic E-state index is 0.594. The van der Waals surface area contributed by atoms with Crippen molar-refractivity contribution in [3.05, 3.63) is 71.8 Å². The van der Waals surface area contributed by atoms with E-state index in [1.165, 1.54) is 24.0 Å². The Labute approximate surface area is 122 Å². The van der Waals surface area contributed by atoms with Gasteiger partial charge in [-0.15, -0.1) is 0 Å². The first-order valence-electron chi connectivity index (χ1n) is 7.68. The molecule has 1 heterocycles. The maximum Gasteiger partial charge on any atom is 0.0136 e. The highest BCUT2D eigenvalue weighted by atomic mass is 15.0. The Balaban J connectivity index is 1.59. The van der Waals surface area contributed by atoms with Crippen LogP contribution in [0.25, 0.3) is 0 Å². The molecule has 0 spiro atoms. The maximum absolute atomic E-state index is 3.84.